The summed E-state index contributed by atoms with van der Waals surface area (Å²) in [5, 5.41) is 15.0. The highest BCUT2D eigenvalue weighted by Gasteiger charge is 2.20. The van der Waals surface area contributed by atoms with Crippen molar-refractivity contribution < 1.29 is 14.6 Å². The van der Waals surface area contributed by atoms with Crippen molar-refractivity contribution in [3.8, 4) is 11.5 Å². The molecule has 0 fully saturated rings. The summed E-state index contributed by atoms with van der Waals surface area (Å²) in [7, 11) is 1.55. The molecule has 1 aromatic heterocycles. The molecule has 4 rings (SSSR count). The van der Waals surface area contributed by atoms with E-state index in [2.05, 4.69) is 10.3 Å². The van der Waals surface area contributed by atoms with Crippen LogP contribution in [0, 0.1) is 0 Å². The van der Waals surface area contributed by atoms with Gasteiger partial charge in [0, 0.05) is 22.7 Å². The number of halogens is 1. The number of hydrogen-bond donors (Lipinski definition) is 2. The minimum absolute atomic E-state index is 0.0290. The van der Waals surface area contributed by atoms with Gasteiger partial charge >= 0.3 is 0 Å². The van der Waals surface area contributed by atoms with E-state index in [1.165, 1.54) is 0 Å². The van der Waals surface area contributed by atoms with Crippen molar-refractivity contribution in [3.05, 3.63) is 107 Å². The van der Waals surface area contributed by atoms with E-state index >= 15 is 0 Å². The Morgan fingerprint density at radius 2 is 1.91 bits per heavy atom. The molecule has 32 heavy (non-hydrogen) atoms. The van der Waals surface area contributed by atoms with Gasteiger partial charge in [0.15, 0.2) is 0 Å². The Bertz CT molecular complexity index is 1290. The van der Waals surface area contributed by atoms with Crippen LogP contribution in [0.5, 0.6) is 11.5 Å². The molecule has 0 aliphatic rings. The van der Waals surface area contributed by atoms with E-state index in [4.69, 9.17) is 16.3 Å². The molecule has 0 aliphatic carbocycles. The van der Waals surface area contributed by atoms with Crippen LogP contribution >= 0.6 is 11.6 Å². The smallest absolute Gasteiger partial charge is 0.252 e. The monoisotopic (exact) mass is 444 g/mol. The number of carbonyl (C=O) groups is 1. The fourth-order valence-electron chi connectivity index (χ4n) is 3.43. The molecule has 0 saturated carbocycles. The normalized spacial score (nSPS) is 12.1. The van der Waals surface area contributed by atoms with Gasteiger partial charge in [0.05, 0.1) is 18.2 Å². The van der Waals surface area contributed by atoms with Crippen LogP contribution < -0.4 is 10.1 Å². The number of benzene rings is 3. The van der Waals surface area contributed by atoms with E-state index in [-0.39, 0.29) is 11.7 Å². The second-order valence-electron chi connectivity index (χ2n) is 7.15. The van der Waals surface area contributed by atoms with Crippen molar-refractivity contribution in [2.45, 2.75) is 6.04 Å². The number of pyridine rings is 1. The van der Waals surface area contributed by atoms with Crippen molar-refractivity contribution >= 4 is 34.5 Å². The van der Waals surface area contributed by atoms with E-state index in [1.54, 1.807) is 55.8 Å². The molecule has 0 unspecified atom stereocenters. The van der Waals surface area contributed by atoms with E-state index in [1.807, 2.05) is 42.5 Å². The molecule has 160 valence electrons. The van der Waals surface area contributed by atoms with Gasteiger partial charge in [-0.15, -0.1) is 0 Å². The highest BCUT2D eigenvalue weighted by atomic mass is 35.5. The minimum Gasteiger partial charge on any atom is -0.505 e. The van der Waals surface area contributed by atoms with Gasteiger partial charge in [-0.1, -0.05) is 60.2 Å². The molecule has 1 atom stereocenters. The Morgan fingerprint density at radius 3 is 2.69 bits per heavy atom. The van der Waals surface area contributed by atoms with Gasteiger partial charge in [0.1, 0.15) is 17.0 Å². The summed E-state index contributed by atoms with van der Waals surface area (Å²) >= 11 is 6.48. The number of fused-ring (bicyclic) bond motifs is 1. The number of carbonyl (C=O) groups excluding carboxylic acids is 1. The predicted octanol–water partition coefficient (Wildman–Crippen LogP) is 5.79. The molecule has 1 amide bonds. The molecule has 0 radical (unpaired) electrons. The molecule has 3 aromatic carbocycles. The summed E-state index contributed by atoms with van der Waals surface area (Å²) in [5.41, 5.74) is 2.22. The maximum Gasteiger partial charge on any atom is 0.252 e. The number of phenols is 1. The molecular formula is C26H21ClN2O3. The van der Waals surface area contributed by atoms with Crippen LogP contribution in [0.25, 0.3) is 17.0 Å². The van der Waals surface area contributed by atoms with Gasteiger partial charge < -0.3 is 15.2 Å². The van der Waals surface area contributed by atoms with Crippen LogP contribution in [0.4, 0.5) is 0 Å². The fraction of sp³-hybridized carbons (Fsp3) is 0.0769. The number of rotatable bonds is 6. The molecule has 2 N–H and O–H groups in total. The Balaban J connectivity index is 1.76. The van der Waals surface area contributed by atoms with Crippen molar-refractivity contribution in [2.24, 2.45) is 0 Å². The first-order chi connectivity index (χ1) is 15.6. The van der Waals surface area contributed by atoms with Crippen LogP contribution in [0.3, 0.4) is 0 Å². The second-order valence-corrected chi connectivity index (χ2v) is 7.56. The molecule has 6 heteroatoms. The predicted molar refractivity (Wildman–Crippen MR) is 127 cm³/mol. The molecule has 0 saturated heterocycles. The number of phenolic OH excluding ortho intramolecular Hbond substituents is 1. The zero-order valence-corrected chi connectivity index (χ0v) is 18.1. The summed E-state index contributed by atoms with van der Waals surface area (Å²) in [4.78, 5) is 17.3. The lowest BCUT2D eigenvalue weighted by Gasteiger charge is -2.19. The number of nitrogens with one attached hydrogen (secondary N) is 1. The van der Waals surface area contributed by atoms with Crippen molar-refractivity contribution in [3.63, 3.8) is 0 Å². The Kier molecular flexibility index (Phi) is 6.38. The Labute approximate surface area is 191 Å². The van der Waals surface area contributed by atoms with E-state index < -0.39 is 6.04 Å². The first-order valence-electron chi connectivity index (χ1n) is 10.0. The summed E-state index contributed by atoms with van der Waals surface area (Å²) in [6, 6.07) is 21.1. The summed E-state index contributed by atoms with van der Waals surface area (Å²) in [5.74, 6) is 0.233. The van der Waals surface area contributed by atoms with Gasteiger partial charge in [0.25, 0.3) is 5.91 Å². The number of nitrogens with zero attached hydrogens (tertiary/aromatic N) is 1. The number of methoxy groups -OCH3 is 1. The SMILES string of the molecule is COc1cccc(C(=O)N[C@@H](/C=C/c2ccccc2)c2cc(Cl)c3cccnc3c2O)c1. The Morgan fingerprint density at radius 1 is 1.09 bits per heavy atom. The third-order valence-corrected chi connectivity index (χ3v) is 5.39. The van der Waals surface area contributed by atoms with E-state index in [9.17, 15) is 9.90 Å². The standard InChI is InChI=1S/C26H21ClN2O3/c1-32-19-10-5-9-18(15-19)26(31)29-23(13-12-17-7-3-2-4-8-17)21-16-22(27)20-11-6-14-28-24(20)25(21)30/h2-16,23,30H,1H3,(H,29,31)/b13-12+/t23-/m0/s1. The summed E-state index contributed by atoms with van der Waals surface area (Å²) in [6.45, 7) is 0. The van der Waals surface area contributed by atoms with Crippen molar-refractivity contribution in [1.29, 1.82) is 0 Å². The lowest BCUT2D eigenvalue weighted by Crippen LogP contribution is -2.27. The summed E-state index contributed by atoms with van der Waals surface area (Å²) < 4.78 is 5.22. The lowest BCUT2D eigenvalue weighted by atomic mass is 10.0. The van der Waals surface area contributed by atoms with Crippen LogP contribution in [0.1, 0.15) is 27.5 Å². The third kappa shape index (κ3) is 4.58. The van der Waals surface area contributed by atoms with E-state index in [0.717, 1.165) is 5.56 Å². The molecule has 0 aliphatic heterocycles. The first kappa shape index (κ1) is 21.4. The average molecular weight is 445 g/mol. The van der Waals surface area contributed by atoms with Gasteiger partial charge in [-0.05, 0) is 42.0 Å². The maximum atomic E-state index is 13.0. The van der Waals surface area contributed by atoms with Gasteiger partial charge in [-0.2, -0.15) is 0 Å². The summed E-state index contributed by atoms with van der Waals surface area (Å²) in [6.07, 6.45) is 5.28. The molecule has 1 heterocycles. The van der Waals surface area contributed by atoms with Crippen LogP contribution in [0.2, 0.25) is 5.02 Å². The second kappa shape index (κ2) is 9.54. The maximum absolute atomic E-state index is 13.0. The topological polar surface area (TPSA) is 71.5 Å². The first-order valence-corrected chi connectivity index (χ1v) is 10.4. The Hall–Kier alpha value is -3.83. The van der Waals surface area contributed by atoms with Crippen molar-refractivity contribution in [2.75, 3.05) is 7.11 Å². The zero-order chi connectivity index (χ0) is 22.5. The van der Waals surface area contributed by atoms with Crippen LogP contribution in [-0.4, -0.2) is 23.1 Å². The quantitative estimate of drug-likeness (QED) is 0.395. The highest BCUT2D eigenvalue weighted by molar-refractivity contribution is 6.35. The molecule has 0 bridgehead atoms. The van der Waals surface area contributed by atoms with Crippen LogP contribution in [0.15, 0.2) is 85.1 Å². The zero-order valence-electron chi connectivity index (χ0n) is 17.3. The number of aromatic nitrogens is 1. The van der Waals surface area contributed by atoms with Gasteiger partial charge in [0.2, 0.25) is 0 Å². The fourth-order valence-corrected chi connectivity index (χ4v) is 3.70. The number of amides is 1. The van der Waals surface area contributed by atoms with Gasteiger partial charge in [-0.25, -0.2) is 0 Å². The number of hydrogen-bond acceptors (Lipinski definition) is 4. The molecule has 5 nitrogen and oxygen atoms in total. The van der Waals surface area contributed by atoms with E-state index in [0.29, 0.717) is 32.8 Å². The van der Waals surface area contributed by atoms with Crippen molar-refractivity contribution in [1.82, 2.24) is 10.3 Å². The third-order valence-electron chi connectivity index (χ3n) is 5.08. The molecular weight excluding hydrogens is 424 g/mol. The largest absolute Gasteiger partial charge is 0.505 e. The number of aromatic hydroxyl groups is 1. The minimum atomic E-state index is -0.655. The number of ether oxygens (including phenoxy) is 1. The average Bonchev–Trinajstić information content (AvgIpc) is 2.84. The van der Waals surface area contributed by atoms with Gasteiger partial charge in [-0.3, -0.25) is 9.78 Å². The molecule has 4 aromatic rings. The molecule has 0 spiro atoms. The van der Waals surface area contributed by atoms with Crippen LogP contribution in [-0.2, 0) is 0 Å². The highest BCUT2D eigenvalue weighted by Crippen LogP contribution is 2.37. The lowest BCUT2D eigenvalue weighted by molar-refractivity contribution is 0.0943.